The minimum Gasteiger partial charge on any atom is -0.464 e. The van der Waals surface area contributed by atoms with Gasteiger partial charge >= 0.3 is 5.97 Å². The fourth-order valence-corrected chi connectivity index (χ4v) is 3.45. The van der Waals surface area contributed by atoms with Gasteiger partial charge in [0.1, 0.15) is 6.61 Å². The van der Waals surface area contributed by atoms with E-state index >= 15 is 0 Å². The van der Waals surface area contributed by atoms with Gasteiger partial charge in [-0.25, -0.2) is 0 Å². The average molecular weight is 369 g/mol. The maximum Gasteiger partial charge on any atom is 0.306 e. The van der Waals surface area contributed by atoms with Crippen molar-refractivity contribution < 1.29 is 9.53 Å². The van der Waals surface area contributed by atoms with E-state index in [2.05, 4.69) is 34.9 Å². The summed E-state index contributed by atoms with van der Waals surface area (Å²) in [5, 5.41) is 7.07. The summed E-state index contributed by atoms with van der Waals surface area (Å²) in [5.41, 5.74) is 3.86. The molecule has 0 radical (unpaired) electrons. The third-order valence-electron chi connectivity index (χ3n) is 4.55. The summed E-state index contributed by atoms with van der Waals surface area (Å²) in [5.74, 6) is -0.181. The van der Waals surface area contributed by atoms with Gasteiger partial charge < -0.3 is 15.4 Å². The van der Waals surface area contributed by atoms with Gasteiger partial charge in [-0.05, 0) is 48.2 Å². The second kappa shape index (κ2) is 9.34. The Balaban J connectivity index is 1.30. The molecule has 2 aromatic carbocycles. The summed E-state index contributed by atoms with van der Waals surface area (Å²) < 4.78 is 5.25. The summed E-state index contributed by atoms with van der Waals surface area (Å²) in [6.45, 7) is 0.827. The number of aryl methyl sites for hydroxylation is 2. The van der Waals surface area contributed by atoms with Gasteiger partial charge in [-0.3, -0.25) is 4.79 Å². The second-order valence-electron chi connectivity index (χ2n) is 6.40. The van der Waals surface area contributed by atoms with E-state index in [0.29, 0.717) is 31.1 Å². The van der Waals surface area contributed by atoms with Gasteiger partial charge in [-0.1, -0.05) is 54.6 Å². The molecule has 0 saturated carbocycles. The van der Waals surface area contributed by atoms with Crippen molar-refractivity contribution in [2.24, 2.45) is 0 Å². The van der Waals surface area contributed by atoms with Gasteiger partial charge in [-0.2, -0.15) is 0 Å². The maximum atomic E-state index is 11.8. The number of nitrogens with one attached hydrogen (secondary N) is 2. The molecule has 0 aromatic heterocycles. The lowest BCUT2D eigenvalue weighted by Crippen LogP contribution is -2.38. The lowest BCUT2D eigenvalue weighted by molar-refractivity contribution is -0.143. The highest BCUT2D eigenvalue weighted by molar-refractivity contribution is 7.80. The molecule has 0 aliphatic heterocycles. The predicted octanol–water partition coefficient (Wildman–Crippen LogP) is 3.31. The van der Waals surface area contributed by atoms with Crippen molar-refractivity contribution in [3.05, 3.63) is 71.3 Å². The van der Waals surface area contributed by atoms with Crippen molar-refractivity contribution in [3.63, 3.8) is 0 Å². The first-order valence-corrected chi connectivity index (χ1v) is 9.45. The monoisotopic (exact) mass is 368 g/mol. The minimum atomic E-state index is -0.181. The SMILES string of the molecule is O=C(CCc1ccccc1)OCCNC(=S)N[C@H]1CCc2ccccc21. The zero-order valence-corrected chi connectivity index (χ0v) is 15.6. The molecule has 0 heterocycles. The predicted molar refractivity (Wildman–Crippen MR) is 107 cm³/mol. The Morgan fingerprint density at radius 2 is 1.88 bits per heavy atom. The summed E-state index contributed by atoms with van der Waals surface area (Å²) in [7, 11) is 0. The second-order valence-corrected chi connectivity index (χ2v) is 6.80. The molecule has 2 aromatic rings. The van der Waals surface area contributed by atoms with Crippen LogP contribution in [-0.2, 0) is 22.4 Å². The van der Waals surface area contributed by atoms with Crippen LogP contribution in [-0.4, -0.2) is 24.2 Å². The molecule has 1 atom stereocenters. The highest BCUT2D eigenvalue weighted by atomic mass is 32.1. The molecule has 0 amide bonds. The number of esters is 1. The van der Waals surface area contributed by atoms with Crippen molar-refractivity contribution in [1.82, 2.24) is 10.6 Å². The van der Waals surface area contributed by atoms with Crippen LogP contribution in [0.4, 0.5) is 0 Å². The quantitative estimate of drug-likeness (QED) is 0.446. The summed E-state index contributed by atoms with van der Waals surface area (Å²) in [6.07, 6.45) is 3.23. The summed E-state index contributed by atoms with van der Waals surface area (Å²) >= 11 is 5.35. The number of ether oxygens (including phenoxy) is 1. The molecule has 1 aliphatic carbocycles. The number of carbonyl (C=O) groups is 1. The van der Waals surface area contributed by atoms with E-state index in [-0.39, 0.29) is 12.0 Å². The van der Waals surface area contributed by atoms with E-state index in [1.807, 2.05) is 30.3 Å². The molecule has 0 bridgehead atoms. The smallest absolute Gasteiger partial charge is 0.306 e. The van der Waals surface area contributed by atoms with Crippen molar-refractivity contribution in [3.8, 4) is 0 Å². The summed E-state index contributed by atoms with van der Waals surface area (Å²) in [6, 6.07) is 18.7. The minimum absolute atomic E-state index is 0.181. The van der Waals surface area contributed by atoms with Crippen molar-refractivity contribution in [2.75, 3.05) is 13.2 Å². The Kier molecular flexibility index (Phi) is 6.61. The average Bonchev–Trinajstić information content (AvgIpc) is 3.07. The molecule has 26 heavy (non-hydrogen) atoms. The molecule has 0 unspecified atom stereocenters. The topological polar surface area (TPSA) is 50.4 Å². The Morgan fingerprint density at radius 1 is 1.12 bits per heavy atom. The van der Waals surface area contributed by atoms with Crippen LogP contribution in [0.15, 0.2) is 54.6 Å². The van der Waals surface area contributed by atoms with Crippen LogP contribution in [0.1, 0.15) is 35.6 Å². The summed E-state index contributed by atoms with van der Waals surface area (Å²) in [4.78, 5) is 11.8. The lowest BCUT2D eigenvalue weighted by Gasteiger charge is -2.17. The zero-order chi connectivity index (χ0) is 18.2. The molecule has 1 aliphatic rings. The first-order valence-electron chi connectivity index (χ1n) is 9.04. The Morgan fingerprint density at radius 3 is 2.73 bits per heavy atom. The Hall–Kier alpha value is -2.40. The van der Waals surface area contributed by atoms with Crippen LogP contribution >= 0.6 is 12.2 Å². The van der Waals surface area contributed by atoms with E-state index in [9.17, 15) is 4.79 Å². The number of fused-ring (bicyclic) bond motifs is 1. The highest BCUT2D eigenvalue weighted by Crippen LogP contribution is 2.30. The van der Waals surface area contributed by atoms with Crippen molar-refractivity contribution in [1.29, 1.82) is 0 Å². The molecule has 5 heteroatoms. The van der Waals surface area contributed by atoms with E-state index in [1.165, 1.54) is 11.1 Å². The molecule has 4 nitrogen and oxygen atoms in total. The normalized spacial score (nSPS) is 15.2. The third kappa shape index (κ3) is 5.30. The van der Waals surface area contributed by atoms with Gasteiger partial charge in [0.15, 0.2) is 5.11 Å². The van der Waals surface area contributed by atoms with Gasteiger partial charge in [0, 0.05) is 6.42 Å². The number of carbonyl (C=O) groups excluding carboxylic acids is 1. The number of rotatable bonds is 7. The molecular weight excluding hydrogens is 344 g/mol. The number of benzene rings is 2. The van der Waals surface area contributed by atoms with E-state index in [4.69, 9.17) is 17.0 Å². The molecule has 2 N–H and O–H groups in total. The Labute approximate surface area is 160 Å². The van der Waals surface area contributed by atoms with Crippen LogP contribution in [0.25, 0.3) is 0 Å². The fourth-order valence-electron chi connectivity index (χ4n) is 3.21. The van der Waals surface area contributed by atoms with Gasteiger partial charge in [-0.15, -0.1) is 0 Å². The standard InChI is InChI=1S/C21H24N2O2S/c24-20(13-10-16-6-2-1-3-7-16)25-15-14-22-21(26)23-19-12-11-17-8-4-5-9-18(17)19/h1-9,19H,10-15H2,(H2,22,23,26)/t19-/m0/s1. The van der Waals surface area contributed by atoms with Crippen LogP contribution in [0.5, 0.6) is 0 Å². The van der Waals surface area contributed by atoms with E-state index < -0.39 is 0 Å². The molecule has 136 valence electrons. The fraction of sp³-hybridized carbons (Fsp3) is 0.333. The molecule has 0 fully saturated rings. The molecular formula is C21H24N2O2S. The lowest BCUT2D eigenvalue weighted by atomic mass is 10.1. The van der Waals surface area contributed by atoms with Crippen LogP contribution in [0.3, 0.4) is 0 Å². The van der Waals surface area contributed by atoms with E-state index in [1.54, 1.807) is 0 Å². The first kappa shape index (κ1) is 18.4. The third-order valence-corrected chi connectivity index (χ3v) is 4.81. The van der Waals surface area contributed by atoms with Gasteiger partial charge in [0.05, 0.1) is 12.6 Å². The molecule has 0 saturated heterocycles. The van der Waals surface area contributed by atoms with Crippen molar-refractivity contribution in [2.45, 2.75) is 31.7 Å². The number of hydrogen-bond acceptors (Lipinski definition) is 3. The first-order chi connectivity index (χ1) is 12.7. The zero-order valence-electron chi connectivity index (χ0n) is 14.7. The van der Waals surface area contributed by atoms with Gasteiger partial charge in [0.25, 0.3) is 0 Å². The van der Waals surface area contributed by atoms with Gasteiger partial charge in [0.2, 0.25) is 0 Å². The van der Waals surface area contributed by atoms with Crippen LogP contribution in [0.2, 0.25) is 0 Å². The highest BCUT2D eigenvalue weighted by Gasteiger charge is 2.22. The van der Waals surface area contributed by atoms with Crippen LogP contribution < -0.4 is 10.6 Å². The largest absolute Gasteiger partial charge is 0.464 e. The number of hydrogen-bond donors (Lipinski definition) is 2. The van der Waals surface area contributed by atoms with Crippen LogP contribution in [0, 0.1) is 0 Å². The molecule has 3 rings (SSSR count). The van der Waals surface area contributed by atoms with E-state index in [0.717, 1.165) is 18.4 Å². The Bertz CT molecular complexity index is 749. The number of thiocarbonyl (C=S) groups is 1. The maximum absolute atomic E-state index is 11.8. The molecule has 0 spiro atoms. The van der Waals surface area contributed by atoms with Crippen molar-refractivity contribution >= 4 is 23.3 Å².